The van der Waals surface area contributed by atoms with E-state index >= 15 is 0 Å². The van der Waals surface area contributed by atoms with Crippen molar-refractivity contribution in [1.82, 2.24) is 9.38 Å². The second kappa shape index (κ2) is 6.54. The van der Waals surface area contributed by atoms with Crippen LogP contribution in [-0.4, -0.2) is 15.3 Å². The number of rotatable bonds is 5. The number of imidazole rings is 1. The number of fused-ring (bicyclic) bond motifs is 1. The van der Waals surface area contributed by atoms with Gasteiger partial charge in [0.1, 0.15) is 0 Å². The smallest absolute Gasteiger partial charge is 0.227 e. The summed E-state index contributed by atoms with van der Waals surface area (Å²) in [6, 6.07) is 7.88. The van der Waals surface area contributed by atoms with Crippen LogP contribution in [0.5, 0.6) is 0 Å². The molecule has 0 atom stereocenters. The second-order valence-electron chi connectivity index (χ2n) is 5.74. The lowest BCUT2D eigenvalue weighted by Crippen LogP contribution is -2.21. The molecule has 0 aliphatic heterocycles. The minimum absolute atomic E-state index is 0.0691. The molecule has 2 heterocycles. The lowest BCUT2D eigenvalue weighted by Gasteiger charge is -2.13. The molecule has 0 aliphatic rings. The molecule has 1 amide bonds. The third-order valence-electron chi connectivity index (χ3n) is 4.05. The van der Waals surface area contributed by atoms with Crippen LogP contribution in [0.25, 0.3) is 16.2 Å². The molecule has 0 unspecified atom stereocenters. The minimum atomic E-state index is 0.0691. The van der Waals surface area contributed by atoms with Gasteiger partial charge in [-0.05, 0) is 31.9 Å². The number of nitrogens with one attached hydrogen (secondary N) is 1. The van der Waals surface area contributed by atoms with Crippen molar-refractivity contribution < 1.29 is 4.79 Å². The van der Waals surface area contributed by atoms with Gasteiger partial charge < -0.3 is 5.32 Å². The lowest BCUT2D eigenvalue weighted by molar-refractivity contribution is -0.120. The molecule has 3 aromatic rings. The Labute approximate surface area is 140 Å². The zero-order valence-corrected chi connectivity index (χ0v) is 14.5. The summed E-state index contributed by atoms with van der Waals surface area (Å²) in [4.78, 5) is 19.1. The molecule has 5 heteroatoms. The highest BCUT2D eigenvalue weighted by molar-refractivity contribution is 7.17. The molecular formula is C18H21N3OS. The average molecular weight is 327 g/mol. The highest BCUT2D eigenvalue weighted by Crippen LogP contribution is 2.25. The van der Waals surface area contributed by atoms with Gasteiger partial charge >= 0.3 is 0 Å². The van der Waals surface area contributed by atoms with Crippen molar-refractivity contribution in [2.24, 2.45) is 5.92 Å². The molecule has 2 aromatic heterocycles. The van der Waals surface area contributed by atoms with E-state index in [-0.39, 0.29) is 11.8 Å². The Bertz CT molecular complexity index is 798. The summed E-state index contributed by atoms with van der Waals surface area (Å²) in [5.41, 5.74) is 2.77. The summed E-state index contributed by atoms with van der Waals surface area (Å²) < 4.78 is 2.05. The molecule has 0 saturated carbocycles. The van der Waals surface area contributed by atoms with Crippen molar-refractivity contribution in [3.63, 3.8) is 0 Å². The number of thiazole rings is 1. The minimum Gasteiger partial charge on any atom is -0.326 e. The second-order valence-corrected chi connectivity index (χ2v) is 6.95. The van der Waals surface area contributed by atoms with E-state index in [9.17, 15) is 4.79 Å². The van der Waals surface area contributed by atoms with Crippen molar-refractivity contribution in [2.45, 2.75) is 33.6 Å². The first kappa shape index (κ1) is 15.7. The molecule has 0 radical (unpaired) electrons. The first-order valence-corrected chi connectivity index (χ1v) is 8.78. The average Bonchev–Trinajstić information content (AvgIpc) is 3.06. The Hall–Kier alpha value is -2.14. The fourth-order valence-electron chi connectivity index (χ4n) is 2.71. The van der Waals surface area contributed by atoms with Crippen LogP contribution < -0.4 is 5.32 Å². The van der Waals surface area contributed by atoms with Gasteiger partial charge in [-0.1, -0.05) is 26.0 Å². The highest BCUT2D eigenvalue weighted by atomic mass is 32.1. The number of benzene rings is 1. The maximum absolute atomic E-state index is 12.2. The molecular weight excluding hydrogens is 306 g/mol. The van der Waals surface area contributed by atoms with Crippen LogP contribution in [-0.2, 0) is 4.79 Å². The Morgan fingerprint density at radius 3 is 2.78 bits per heavy atom. The number of amides is 1. The van der Waals surface area contributed by atoms with E-state index in [0.717, 1.165) is 34.7 Å². The van der Waals surface area contributed by atoms with Gasteiger partial charge in [0.15, 0.2) is 4.96 Å². The van der Waals surface area contributed by atoms with E-state index in [2.05, 4.69) is 23.4 Å². The predicted molar refractivity (Wildman–Crippen MR) is 95.9 cm³/mol. The van der Waals surface area contributed by atoms with E-state index < -0.39 is 0 Å². The number of hydrogen-bond acceptors (Lipinski definition) is 3. The monoisotopic (exact) mass is 327 g/mol. The first-order chi connectivity index (χ1) is 11.1. The van der Waals surface area contributed by atoms with Gasteiger partial charge in [-0.15, -0.1) is 11.3 Å². The number of aromatic nitrogens is 2. The predicted octanol–water partition coefficient (Wildman–Crippen LogP) is 4.75. The number of nitrogens with zero attached hydrogens (tertiary/aromatic N) is 2. The largest absolute Gasteiger partial charge is 0.326 e. The van der Waals surface area contributed by atoms with Gasteiger partial charge in [-0.2, -0.15) is 0 Å². The van der Waals surface area contributed by atoms with E-state index in [4.69, 9.17) is 0 Å². The molecule has 0 spiro atoms. The lowest BCUT2D eigenvalue weighted by atomic mass is 10.0. The number of anilines is 1. The molecule has 4 nitrogen and oxygen atoms in total. The van der Waals surface area contributed by atoms with Crippen LogP contribution in [0.4, 0.5) is 5.69 Å². The quantitative estimate of drug-likeness (QED) is 0.735. The van der Waals surface area contributed by atoms with Gasteiger partial charge in [-0.25, -0.2) is 4.98 Å². The fourth-order valence-corrected chi connectivity index (χ4v) is 3.52. The highest BCUT2D eigenvalue weighted by Gasteiger charge is 2.14. The summed E-state index contributed by atoms with van der Waals surface area (Å²) in [5, 5.41) is 3.02. The SMILES string of the molecule is CCC(CC)C(=O)Nc1cccc(-c2cn3cc(C)sc3n2)c1. The summed E-state index contributed by atoms with van der Waals surface area (Å²) in [7, 11) is 0. The van der Waals surface area contributed by atoms with Gasteiger partial charge in [0.2, 0.25) is 5.91 Å². The first-order valence-electron chi connectivity index (χ1n) is 7.97. The Balaban J connectivity index is 1.84. The topological polar surface area (TPSA) is 46.4 Å². The molecule has 23 heavy (non-hydrogen) atoms. The van der Waals surface area contributed by atoms with Crippen LogP contribution in [0.3, 0.4) is 0 Å². The third kappa shape index (κ3) is 3.29. The standard InChI is InChI=1S/C18H21N3OS/c1-4-13(5-2)17(22)19-15-8-6-7-14(9-15)16-11-21-10-12(3)23-18(21)20-16/h6-11,13H,4-5H2,1-3H3,(H,19,22). The molecule has 1 N–H and O–H groups in total. The van der Waals surface area contributed by atoms with Crippen LogP contribution in [0.15, 0.2) is 36.7 Å². The summed E-state index contributed by atoms with van der Waals surface area (Å²) in [6.45, 7) is 6.17. The number of hydrogen-bond donors (Lipinski definition) is 1. The fraction of sp³-hybridized carbons (Fsp3) is 0.333. The zero-order chi connectivity index (χ0) is 16.4. The van der Waals surface area contributed by atoms with Crippen LogP contribution in [0, 0.1) is 12.8 Å². The van der Waals surface area contributed by atoms with Gasteiger partial charge in [0.05, 0.1) is 5.69 Å². The maximum atomic E-state index is 12.2. The number of carbonyl (C=O) groups is 1. The molecule has 0 bridgehead atoms. The maximum Gasteiger partial charge on any atom is 0.227 e. The summed E-state index contributed by atoms with van der Waals surface area (Å²) in [5.74, 6) is 0.160. The van der Waals surface area contributed by atoms with E-state index in [1.165, 1.54) is 4.88 Å². The van der Waals surface area contributed by atoms with E-state index in [0.29, 0.717) is 0 Å². The van der Waals surface area contributed by atoms with Crippen LogP contribution in [0.2, 0.25) is 0 Å². The normalized spacial score (nSPS) is 11.3. The Kier molecular flexibility index (Phi) is 4.48. The Morgan fingerprint density at radius 1 is 1.30 bits per heavy atom. The zero-order valence-electron chi connectivity index (χ0n) is 13.7. The molecule has 0 fully saturated rings. The van der Waals surface area contributed by atoms with Crippen molar-refractivity contribution in [3.05, 3.63) is 41.5 Å². The van der Waals surface area contributed by atoms with E-state index in [1.54, 1.807) is 11.3 Å². The summed E-state index contributed by atoms with van der Waals surface area (Å²) >= 11 is 1.67. The van der Waals surface area contributed by atoms with Gasteiger partial charge in [-0.3, -0.25) is 9.20 Å². The number of carbonyl (C=O) groups excluding carboxylic acids is 1. The molecule has 0 saturated heterocycles. The van der Waals surface area contributed by atoms with Crippen LogP contribution >= 0.6 is 11.3 Å². The molecule has 120 valence electrons. The van der Waals surface area contributed by atoms with Crippen molar-refractivity contribution >= 4 is 27.9 Å². The number of aryl methyl sites for hydroxylation is 1. The van der Waals surface area contributed by atoms with Crippen molar-refractivity contribution in [3.8, 4) is 11.3 Å². The third-order valence-corrected chi connectivity index (χ3v) is 4.97. The molecule has 0 aliphatic carbocycles. The van der Waals surface area contributed by atoms with Gasteiger partial charge in [0.25, 0.3) is 0 Å². The van der Waals surface area contributed by atoms with Crippen LogP contribution in [0.1, 0.15) is 31.6 Å². The Morgan fingerprint density at radius 2 is 2.09 bits per heavy atom. The van der Waals surface area contributed by atoms with Gasteiger partial charge in [0, 0.05) is 34.4 Å². The van der Waals surface area contributed by atoms with E-state index in [1.807, 2.05) is 48.7 Å². The summed E-state index contributed by atoms with van der Waals surface area (Å²) in [6.07, 6.45) is 5.83. The van der Waals surface area contributed by atoms with Crippen molar-refractivity contribution in [2.75, 3.05) is 5.32 Å². The van der Waals surface area contributed by atoms with Crippen molar-refractivity contribution in [1.29, 1.82) is 0 Å². The molecule has 3 rings (SSSR count). The molecule has 1 aromatic carbocycles.